The smallest absolute Gasteiger partial charge is 0.193 e. The molecule has 0 radical (unpaired) electrons. The maximum Gasteiger partial charge on any atom is 0.193 e. The van der Waals surface area contributed by atoms with Gasteiger partial charge in [0.1, 0.15) is 0 Å². The van der Waals surface area contributed by atoms with Crippen LogP contribution in [0.5, 0.6) is 0 Å². The van der Waals surface area contributed by atoms with Crippen LogP contribution in [0.3, 0.4) is 0 Å². The number of hydrogen-bond donors (Lipinski definition) is 0. The fourth-order valence-electron chi connectivity index (χ4n) is 2.22. The van der Waals surface area contributed by atoms with Crippen LogP contribution in [0.15, 0.2) is 53.4 Å². The molecule has 1 aliphatic heterocycles. The molecule has 2 aromatic carbocycles. The minimum atomic E-state index is -1.04. The molecule has 0 amide bonds. The molecule has 1 unspecified atom stereocenters. The van der Waals surface area contributed by atoms with Crippen molar-refractivity contribution in [3.8, 4) is 0 Å². The number of rotatable bonds is 2. The zero-order valence-electron chi connectivity index (χ0n) is 10.5. The largest absolute Gasteiger partial charge is 0.361 e. The van der Waals surface area contributed by atoms with E-state index >= 15 is 0 Å². The Morgan fingerprint density at radius 1 is 1.11 bits per heavy atom. The average molecular weight is 271 g/mol. The number of anilines is 1. The fourth-order valence-corrected chi connectivity index (χ4v) is 3.57. The zero-order chi connectivity index (χ0) is 13.4. The van der Waals surface area contributed by atoms with E-state index in [1.54, 1.807) is 24.3 Å². The summed E-state index contributed by atoms with van der Waals surface area (Å²) in [5, 5.41) is 0. The van der Waals surface area contributed by atoms with Crippen molar-refractivity contribution in [3.05, 3.63) is 59.7 Å². The van der Waals surface area contributed by atoms with Crippen molar-refractivity contribution in [2.75, 3.05) is 17.8 Å². The Morgan fingerprint density at radius 2 is 1.84 bits per heavy atom. The van der Waals surface area contributed by atoms with Gasteiger partial charge in [0.05, 0.1) is 27.3 Å². The van der Waals surface area contributed by atoms with Gasteiger partial charge in [-0.3, -0.25) is 9.00 Å². The highest BCUT2D eigenvalue weighted by molar-refractivity contribution is 7.85. The number of ketones is 1. The van der Waals surface area contributed by atoms with Gasteiger partial charge in [-0.15, -0.1) is 0 Å². The van der Waals surface area contributed by atoms with Gasteiger partial charge in [-0.05, 0) is 18.2 Å². The van der Waals surface area contributed by atoms with Crippen LogP contribution in [0.1, 0.15) is 15.9 Å². The van der Waals surface area contributed by atoms with Gasteiger partial charge in [-0.25, -0.2) is 0 Å². The summed E-state index contributed by atoms with van der Waals surface area (Å²) in [7, 11) is 0.868. The van der Waals surface area contributed by atoms with Crippen molar-refractivity contribution >= 4 is 22.3 Å². The molecule has 0 bridgehead atoms. The van der Waals surface area contributed by atoms with Gasteiger partial charge in [-0.1, -0.05) is 30.3 Å². The predicted molar refractivity (Wildman–Crippen MR) is 76.0 cm³/mol. The number of nitrogens with zero attached hydrogens (tertiary/aromatic N) is 1. The maximum absolute atomic E-state index is 12.3. The molecule has 1 atom stereocenters. The lowest BCUT2D eigenvalue weighted by Crippen LogP contribution is -2.13. The van der Waals surface area contributed by atoms with E-state index in [1.165, 1.54) is 0 Å². The molecule has 0 N–H and O–H groups in total. The van der Waals surface area contributed by atoms with Crippen molar-refractivity contribution in [2.24, 2.45) is 0 Å². The van der Waals surface area contributed by atoms with Gasteiger partial charge in [0.25, 0.3) is 0 Å². The molecule has 3 rings (SSSR count). The highest BCUT2D eigenvalue weighted by Gasteiger charge is 2.24. The number of carbonyl (C=O) groups excluding carboxylic acids is 1. The second-order valence-electron chi connectivity index (χ2n) is 4.55. The Balaban J connectivity index is 2.02. The Hall–Kier alpha value is -1.94. The highest BCUT2D eigenvalue weighted by Crippen LogP contribution is 2.31. The molecule has 0 aliphatic carbocycles. The number of hydrogen-bond acceptors (Lipinski definition) is 3. The van der Waals surface area contributed by atoms with E-state index in [-0.39, 0.29) is 5.78 Å². The third-order valence-electron chi connectivity index (χ3n) is 3.23. The predicted octanol–water partition coefficient (Wildman–Crippen LogP) is 2.43. The monoisotopic (exact) mass is 271 g/mol. The van der Waals surface area contributed by atoms with E-state index in [0.717, 1.165) is 10.6 Å². The van der Waals surface area contributed by atoms with Gasteiger partial charge in [0.15, 0.2) is 5.78 Å². The standard InChI is InChI=1S/C15H13NO2S/c1-16-10-19(18)14-9-12(7-8-13(14)16)15(17)11-5-3-2-4-6-11/h2-9H,10H2,1H3. The number of carbonyl (C=O) groups is 1. The molecule has 3 nitrogen and oxygen atoms in total. The van der Waals surface area contributed by atoms with Crippen LogP contribution in [0.25, 0.3) is 0 Å². The Labute approximate surface area is 114 Å². The van der Waals surface area contributed by atoms with E-state index in [4.69, 9.17) is 0 Å². The van der Waals surface area contributed by atoms with Gasteiger partial charge in [0.2, 0.25) is 0 Å². The number of fused-ring (bicyclic) bond motifs is 1. The molecular formula is C15H13NO2S. The maximum atomic E-state index is 12.3. The van der Waals surface area contributed by atoms with E-state index in [1.807, 2.05) is 36.2 Å². The van der Waals surface area contributed by atoms with Crippen molar-refractivity contribution in [2.45, 2.75) is 4.90 Å². The van der Waals surface area contributed by atoms with Crippen molar-refractivity contribution in [3.63, 3.8) is 0 Å². The normalized spacial score (nSPS) is 17.3. The second kappa shape index (κ2) is 4.63. The molecule has 0 fully saturated rings. The summed E-state index contributed by atoms with van der Waals surface area (Å²) in [6.45, 7) is 0. The summed E-state index contributed by atoms with van der Waals surface area (Å²) in [5.74, 6) is 0.466. The first-order valence-electron chi connectivity index (χ1n) is 6.00. The second-order valence-corrected chi connectivity index (χ2v) is 5.94. The van der Waals surface area contributed by atoms with Crippen LogP contribution < -0.4 is 4.90 Å². The van der Waals surface area contributed by atoms with Crippen molar-refractivity contribution in [1.29, 1.82) is 0 Å². The van der Waals surface area contributed by atoms with Crippen molar-refractivity contribution < 1.29 is 9.00 Å². The molecule has 4 heteroatoms. The summed E-state index contributed by atoms with van der Waals surface area (Å²) in [6, 6.07) is 14.6. The molecule has 1 heterocycles. The minimum absolute atomic E-state index is 0.0325. The van der Waals surface area contributed by atoms with Crippen molar-refractivity contribution in [1.82, 2.24) is 0 Å². The third-order valence-corrected chi connectivity index (χ3v) is 4.66. The van der Waals surface area contributed by atoms with Crippen LogP contribution in [0.2, 0.25) is 0 Å². The number of benzene rings is 2. The SMILES string of the molecule is CN1CS(=O)c2cc(C(=O)c3ccccc3)ccc21. The molecular weight excluding hydrogens is 258 g/mol. The highest BCUT2D eigenvalue weighted by atomic mass is 32.2. The Bertz CT molecular complexity index is 667. The van der Waals surface area contributed by atoms with E-state index < -0.39 is 10.8 Å². The lowest BCUT2D eigenvalue weighted by molar-refractivity contribution is 0.103. The fraction of sp³-hybridized carbons (Fsp3) is 0.133. The van der Waals surface area contributed by atoms with Crippen LogP contribution >= 0.6 is 0 Å². The first-order valence-corrected chi connectivity index (χ1v) is 7.32. The Kier molecular flexibility index (Phi) is 2.95. The molecule has 0 saturated heterocycles. The van der Waals surface area contributed by atoms with Gasteiger partial charge in [-0.2, -0.15) is 0 Å². The quantitative estimate of drug-likeness (QED) is 0.787. The third kappa shape index (κ3) is 2.08. The first kappa shape index (κ1) is 12.1. The summed E-state index contributed by atoms with van der Waals surface area (Å²) in [6.07, 6.45) is 0. The summed E-state index contributed by atoms with van der Waals surface area (Å²) in [5.41, 5.74) is 2.19. The lowest BCUT2D eigenvalue weighted by Gasteiger charge is -2.10. The average Bonchev–Trinajstić information content (AvgIpc) is 2.74. The minimum Gasteiger partial charge on any atom is -0.361 e. The molecule has 0 aromatic heterocycles. The van der Waals surface area contributed by atoms with E-state index in [0.29, 0.717) is 17.0 Å². The molecule has 19 heavy (non-hydrogen) atoms. The summed E-state index contributed by atoms with van der Waals surface area (Å²) < 4.78 is 11.9. The molecule has 96 valence electrons. The topological polar surface area (TPSA) is 37.4 Å². The van der Waals surface area contributed by atoms with Crippen LogP contribution in [0, 0.1) is 0 Å². The van der Waals surface area contributed by atoms with Gasteiger partial charge < -0.3 is 4.90 Å². The molecule has 0 saturated carbocycles. The Morgan fingerprint density at radius 3 is 2.58 bits per heavy atom. The van der Waals surface area contributed by atoms with Crippen LogP contribution in [-0.2, 0) is 10.8 Å². The molecule has 1 aliphatic rings. The van der Waals surface area contributed by atoms with Gasteiger partial charge >= 0.3 is 0 Å². The van der Waals surface area contributed by atoms with E-state index in [9.17, 15) is 9.00 Å². The summed E-state index contributed by atoms with van der Waals surface area (Å²) >= 11 is 0. The zero-order valence-corrected chi connectivity index (χ0v) is 11.3. The van der Waals surface area contributed by atoms with Gasteiger partial charge in [0, 0.05) is 18.2 Å². The molecule has 2 aromatic rings. The molecule has 0 spiro atoms. The lowest BCUT2D eigenvalue weighted by atomic mass is 10.0. The van der Waals surface area contributed by atoms with Crippen LogP contribution in [-0.4, -0.2) is 22.9 Å². The first-order chi connectivity index (χ1) is 9.16. The summed E-state index contributed by atoms with van der Waals surface area (Å²) in [4.78, 5) is 15.0. The van der Waals surface area contributed by atoms with E-state index in [2.05, 4.69) is 0 Å². The van der Waals surface area contributed by atoms with Crippen LogP contribution in [0.4, 0.5) is 5.69 Å².